The molecule has 170 valence electrons. The highest BCUT2D eigenvalue weighted by Crippen LogP contribution is 2.34. The summed E-state index contributed by atoms with van der Waals surface area (Å²) in [6.45, 7) is 1.81. The molecule has 30 heavy (non-hydrogen) atoms. The Morgan fingerprint density at radius 1 is 1.43 bits per heavy atom. The number of carbonyl (C=O) groups excluding carboxylic acids is 1. The Kier molecular flexibility index (Phi) is 10.9. The second-order valence-electron chi connectivity index (χ2n) is 6.64. The molecule has 0 spiro atoms. The van der Waals surface area contributed by atoms with Crippen molar-refractivity contribution in [2.75, 3.05) is 38.7 Å². The minimum atomic E-state index is -4.47. The molecule has 12 heteroatoms. The lowest BCUT2D eigenvalue weighted by molar-refractivity contribution is -0.140. The summed E-state index contributed by atoms with van der Waals surface area (Å²) in [6.07, 6.45) is -1.02. The second-order valence-corrected chi connectivity index (χ2v) is 7.04. The number of nitrogens with zero attached hydrogens (tertiary/aromatic N) is 3. The van der Waals surface area contributed by atoms with Crippen molar-refractivity contribution in [2.45, 2.75) is 37.9 Å². The summed E-state index contributed by atoms with van der Waals surface area (Å²) in [7, 11) is 3.02. The van der Waals surface area contributed by atoms with Crippen LogP contribution in [-0.2, 0) is 15.7 Å². The number of esters is 1. The van der Waals surface area contributed by atoms with Gasteiger partial charge in [-0.3, -0.25) is 9.79 Å². The van der Waals surface area contributed by atoms with Crippen LogP contribution in [0.15, 0.2) is 17.3 Å². The number of guanidine groups is 1. The van der Waals surface area contributed by atoms with Gasteiger partial charge in [0.05, 0.1) is 17.7 Å². The van der Waals surface area contributed by atoms with Gasteiger partial charge in [0.2, 0.25) is 0 Å². The Morgan fingerprint density at radius 3 is 2.77 bits per heavy atom. The lowest BCUT2D eigenvalue weighted by atomic mass is 10.2. The molecule has 2 N–H and O–H groups in total. The lowest BCUT2D eigenvalue weighted by Crippen LogP contribution is -2.44. The fourth-order valence-corrected chi connectivity index (χ4v) is 3.27. The van der Waals surface area contributed by atoms with Crippen LogP contribution in [0.25, 0.3) is 0 Å². The molecule has 1 unspecified atom stereocenters. The first-order valence-corrected chi connectivity index (χ1v) is 9.64. The Balaban J connectivity index is 0.00000450. The van der Waals surface area contributed by atoms with Crippen LogP contribution >= 0.6 is 35.6 Å². The average molecular weight is 564 g/mol. The number of aromatic nitrogens is 1. The van der Waals surface area contributed by atoms with Crippen molar-refractivity contribution in [3.05, 3.63) is 22.8 Å². The van der Waals surface area contributed by atoms with Crippen LogP contribution in [0.4, 0.5) is 19.0 Å². The Morgan fingerprint density at radius 2 is 2.17 bits per heavy atom. The number of hydrogen-bond acceptors (Lipinski definition) is 5. The zero-order chi connectivity index (χ0) is 21.4. The van der Waals surface area contributed by atoms with Crippen LogP contribution in [0.1, 0.15) is 31.2 Å². The molecule has 1 saturated heterocycles. The van der Waals surface area contributed by atoms with Crippen molar-refractivity contribution in [1.29, 1.82) is 0 Å². The maximum atomic E-state index is 12.8. The van der Waals surface area contributed by atoms with Crippen molar-refractivity contribution in [3.8, 4) is 0 Å². The van der Waals surface area contributed by atoms with Gasteiger partial charge in [0, 0.05) is 45.3 Å². The van der Waals surface area contributed by atoms with Crippen molar-refractivity contribution < 1.29 is 22.7 Å². The average Bonchev–Trinajstić information content (AvgIpc) is 3.13. The fraction of sp³-hybridized carbons (Fsp3) is 0.611. The first-order valence-electron chi connectivity index (χ1n) is 9.26. The molecule has 0 saturated carbocycles. The largest absolute Gasteiger partial charge is 0.469 e. The topological polar surface area (TPSA) is 78.8 Å². The monoisotopic (exact) mass is 563 g/mol. The zero-order valence-corrected chi connectivity index (χ0v) is 19.8. The number of pyridine rings is 1. The molecule has 2 rings (SSSR count). The van der Waals surface area contributed by atoms with Gasteiger partial charge in [0.1, 0.15) is 5.82 Å². The SMILES string of the molecule is CN=C(NCCCCC(=O)OC)NC1CCN(c2ncc(C(F)(F)F)cc2Cl)C1.I. The first kappa shape index (κ1) is 26.5. The predicted molar refractivity (Wildman–Crippen MR) is 121 cm³/mol. The molecule has 0 amide bonds. The van der Waals surface area contributed by atoms with Gasteiger partial charge in [-0.05, 0) is 25.3 Å². The maximum Gasteiger partial charge on any atom is 0.417 e. The number of nitrogens with one attached hydrogen (secondary N) is 2. The predicted octanol–water partition coefficient (Wildman–Crippen LogP) is 3.46. The van der Waals surface area contributed by atoms with Crippen LogP contribution in [0, 0.1) is 0 Å². The van der Waals surface area contributed by atoms with Crippen molar-refractivity contribution >= 4 is 53.3 Å². The summed E-state index contributed by atoms with van der Waals surface area (Å²) in [4.78, 5) is 21.0. The van der Waals surface area contributed by atoms with E-state index in [9.17, 15) is 18.0 Å². The van der Waals surface area contributed by atoms with Crippen LogP contribution in [0.3, 0.4) is 0 Å². The van der Waals surface area contributed by atoms with Crippen LogP contribution < -0.4 is 15.5 Å². The highest BCUT2D eigenvalue weighted by atomic mass is 127. The quantitative estimate of drug-likeness (QED) is 0.174. The molecule has 1 aliphatic rings. The molecule has 0 bridgehead atoms. The molecule has 1 aliphatic heterocycles. The number of ether oxygens (including phenoxy) is 1. The molecular formula is C18H26ClF3IN5O2. The molecule has 1 aromatic heterocycles. The minimum Gasteiger partial charge on any atom is -0.469 e. The smallest absolute Gasteiger partial charge is 0.417 e. The fourth-order valence-electron chi connectivity index (χ4n) is 2.98. The molecule has 1 fully saturated rings. The molecular weight excluding hydrogens is 538 g/mol. The highest BCUT2D eigenvalue weighted by molar-refractivity contribution is 14.0. The number of carbonyl (C=O) groups is 1. The number of hydrogen-bond donors (Lipinski definition) is 2. The Bertz CT molecular complexity index is 736. The summed E-state index contributed by atoms with van der Waals surface area (Å²) < 4.78 is 42.9. The molecule has 0 radical (unpaired) electrons. The van der Waals surface area contributed by atoms with Crippen LogP contribution in [0.2, 0.25) is 5.02 Å². The third-order valence-electron chi connectivity index (χ3n) is 4.53. The van der Waals surface area contributed by atoms with Crippen molar-refractivity contribution in [3.63, 3.8) is 0 Å². The van der Waals surface area contributed by atoms with Gasteiger partial charge in [-0.25, -0.2) is 4.98 Å². The van der Waals surface area contributed by atoms with E-state index in [0.717, 1.165) is 25.1 Å². The van der Waals surface area contributed by atoms with Crippen molar-refractivity contribution in [1.82, 2.24) is 15.6 Å². The van der Waals surface area contributed by atoms with E-state index < -0.39 is 11.7 Å². The van der Waals surface area contributed by atoms with Crippen LogP contribution in [-0.4, -0.2) is 56.7 Å². The standard InChI is InChI=1S/C18H25ClF3N5O2.HI/c1-23-17(24-7-4-3-5-15(28)29-2)26-13-6-8-27(11-13)16-14(19)9-12(10-25-16)18(20,21)22;/h9-10,13H,3-8,11H2,1-2H3,(H2,23,24,26);1H. The van der Waals surface area contributed by atoms with Gasteiger partial charge < -0.3 is 20.3 Å². The Labute approximate surface area is 195 Å². The molecule has 2 heterocycles. The van der Waals surface area contributed by atoms with Gasteiger partial charge in [-0.2, -0.15) is 13.2 Å². The van der Waals surface area contributed by atoms with Gasteiger partial charge in [-0.15, -0.1) is 24.0 Å². The number of halogens is 5. The second kappa shape index (κ2) is 12.4. The van der Waals surface area contributed by atoms with E-state index in [-0.39, 0.29) is 41.0 Å². The molecule has 1 aromatic rings. The minimum absolute atomic E-state index is 0. The number of unbranched alkanes of at least 4 members (excludes halogenated alkanes) is 1. The van der Waals surface area contributed by atoms with E-state index in [0.29, 0.717) is 44.3 Å². The van der Waals surface area contributed by atoms with Gasteiger partial charge in [0.25, 0.3) is 0 Å². The Hall–Kier alpha value is -1.50. The zero-order valence-electron chi connectivity index (χ0n) is 16.8. The van der Waals surface area contributed by atoms with Gasteiger partial charge in [0.15, 0.2) is 5.96 Å². The molecule has 7 nitrogen and oxygen atoms in total. The van der Waals surface area contributed by atoms with E-state index in [1.807, 2.05) is 4.90 Å². The number of rotatable bonds is 7. The van der Waals surface area contributed by atoms with E-state index in [1.165, 1.54) is 7.11 Å². The first-order chi connectivity index (χ1) is 13.7. The van der Waals surface area contributed by atoms with E-state index >= 15 is 0 Å². The summed E-state index contributed by atoms with van der Waals surface area (Å²) in [5, 5.41) is 6.45. The normalized spacial score (nSPS) is 16.8. The third-order valence-corrected chi connectivity index (χ3v) is 4.81. The number of anilines is 1. The van der Waals surface area contributed by atoms with Gasteiger partial charge in [-0.1, -0.05) is 11.6 Å². The molecule has 1 atom stereocenters. The number of aliphatic imine (C=N–C) groups is 1. The summed E-state index contributed by atoms with van der Waals surface area (Å²) >= 11 is 6.03. The van der Waals surface area contributed by atoms with Crippen molar-refractivity contribution in [2.24, 2.45) is 4.99 Å². The lowest BCUT2D eigenvalue weighted by Gasteiger charge is -2.21. The summed E-state index contributed by atoms with van der Waals surface area (Å²) in [5.74, 6) is 0.741. The van der Waals surface area contributed by atoms with Crippen LogP contribution in [0.5, 0.6) is 0 Å². The van der Waals surface area contributed by atoms with E-state index in [1.54, 1.807) is 7.05 Å². The number of alkyl halides is 3. The molecule has 0 aliphatic carbocycles. The number of methoxy groups -OCH3 is 1. The maximum absolute atomic E-state index is 12.8. The summed E-state index contributed by atoms with van der Waals surface area (Å²) in [5.41, 5.74) is -0.864. The van der Waals surface area contributed by atoms with Gasteiger partial charge >= 0.3 is 12.1 Å². The highest BCUT2D eigenvalue weighted by Gasteiger charge is 2.33. The molecule has 0 aromatic carbocycles. The third kappa shape index (κ3) is 7.97. The summed E-state index contributed by atoms with van der Waals surface area (Å²) in [6, 6.07) is 0.954. The van der Waals surface area contributed by atoms with E-state index in [2.05, 4.69) is 25.3 Å². The van der Waals surface area contributed by atoms with E-state index in [4.69, 9.17) is 11.6 Å².